The minimum absolute atomic E-state index is 0.262. The van der Waals surface area contributed by atoms with Gasteiger partial charge in [-0.3, -0.25) is 0 Å². The van der Waals surface area contributed by atoms with Gasteiger partial charge in [0.15, 0.2) is 0 Å². The summed E-state index contributed by atoms with van der Waals surface area (Å²) in [5.74, 6) is 0.601. The highest BCUT2D eigenvalue weighted by Crippen LogP contribution is 2.22. The van der Waals surface area contributed by atoms with Crippen LogP contribution in [0.1, 0.15) is 23.6 Å². The molecule has 0 unspecified atom stereocenters. The van der Waals surface area contributed by atoms with Gasteiger partial charge in [0.2, 0.25) is 0 Å². The third-order valence-electron chi connectivity index (χ3n) is 3.16. The Morgan fingerprint density at radius 3 is 2.71 bits per heavy atom. The lowest BCUT2D eigenvalue weighted by Gasteiger charge is -2.13. The summed E-state index contributed by atoms with van der Waals surface area (Å²) in [5, 5.41) is 3.31. The molecule has 2 aromatic carbocycles. The molecule has 0 saturated carbocycles. The number of nitrogens with one attached hydrogen (secondary N) is 1. The van der Waals surface area contributed by atoms with E-state index in [1.807, 2.05) is 12.1 Å². The molecule has 2 nitrogen and oxygen atoms in total. The average Bonchev–Trinajstić information content (AvgIpc) is 2.47. The van der Waals surface area contributed by atoms with E-state index in [1.165, 1.54) is 11.6 Å². The van der Waals surface area contributed by atoms with Crippen LogP contribution in [0, 0.1) is 12.7 Å². The molecule has 0 atom stereocenters. The Balaban J connectivity index is 2.09. The molecular weight excluding hydrogens is 333 g/mol. The average molecular weight is 352 g/mol. The molecule has 0 saturated heterocycles. The van der Waals surface area contributed by atoms with Gasteiger partial charge in [-0.05, 0) is 53.2 Å². The van der Waals surface area contributed by atoms with Crippen LogP contribution in [0.15, 0.2) is 40.9 Å². The second-order valence-corrected chi connectivity index (χ2v) is 5.78. The first-order valence-electron chi connectivity index (χ1n) is 6.97. The fourth-order valence-electron chi connectivity index (χ4n) is 2.04. The van der Waals surface area contributed by atoms with Gasteiger partial charge in [-0.15, -0.1) is 0 Å². The van der Waals surface area contributed by atoms with Gasteiger partial charge >= 0.3 is 0 Å². The number of aryl methyl sites for hydroxylation is 1. The largest absolute Gasteiger partial charge is 0.489 e. The van der Waals surface area contributed by atoms with Crippen LogP contribution in [0.5, 0.6) is 5.75 Å². The molecule has 0 aliphatic rings. The third-order valence-corrected chi connectivity index (χ3v) is 3.77. The Bertz CT molecular complexity index is 616. The second kappa shape index (κ2) is 7.57. The van der Waals surface area contributed by atoms with Gasteiger partial charge < -0.3 is 10.1 Å². The lowest BCUT2D eigenvalue weighted by molar-refractivity contribution is 0.302. The molecule has 2 rings (SSSR count). The van der Waals surface area contributed by atoms with Crippen LogP contribution in [0.2, 0.25) is 0 Å². The van der Waals surface area contributed by atoms with Crippen molar-refractivity contribution in [3.63, 3.8) is 0 Å². The zero-order valence-corrected chi connectivity index (χ0v) is 13.8. The zero-order chi connectivity index (χ0) is 15.2. The summed E-state index contributed by atoms with van der Waals surface area (Å²) in [6.07, 6.45) is 0. The summed E-state index contributed by atoms with van der Waals surface area (Å²) in [7, 11) is 0. The van der Waals surface area contributed by atoms with E-state index in [-0.39, 0.29) is 5.82 Å². The van der Waals surface area contributed by atoms with E-state index in [0.717, 1.165) is 30.0 Å². The van der Waals surface area contributed by atoms with E-state index < -0.39 is 0 Å². The maximum Gasteiger partial charge on any atom is 0.137 e. The van der Waals surface area contributed by atoms with Crippen molar-refractivity contribution in [1.82, 2.24) is 5.32 Å². The number of ether oxygens (including phenoxy) is 1. The molecule has 0 aliphatic carbocycles. The maximum atomic E-state index is 13.2. The highest BCUT2D eigenvalue weighted by atomic mass is 79.9. The fraction of sp³-hybridized carbons (Fsp3) is 0.294. The van der Waals surface area contributed by atoms with Crippen molar-refractivity contribution < 1.29 is 9.13 Å². The first kappa shape index (κ1) is 16.0. The summed E-state index contributed by atoms with van der Waals surface area (Å²) >= 11 is 3.19. The molecule has 0 spiro atoms. The van der Waals surface area contributed by atoms with Gasteiger partial charge in [-0.25, -0.2) is 4.39 Å². The molecule has 0 amide bonds. The van der Waals surface area contributed by atoms with Crippen LogP contribution in [-0.4, -0.2) is 6.54 Å². The molecule has 4 heteroatoms. The minimum atomic E-state index is -0.262. The molecule has 0 heterocycles. The van der Waals surface area contributed by atoms with Crippen molar-refractivity contribution in [2.45, 2.75) is 27.0 Å². The molecule has 0 aromatic heterocycles. The van der Waals surface area contributed by atoms with Crippen molar-refractivity contribution in [2.24, 2.45) is 0 Å². The fourth-order valence-corrected chi connectivity index (χ4v) is 2.46. The number of hydrogen-bond acceptors (Lipinski definition) is 2. The van der Waals surface area contributed by atoms with Gasteiger partial charge in [-0.2, -0.15) is 0 Å². The van der Waals surface area contributed by atoms with E-state index >= 15 is 0 Å². The number of halogens is 2. The monoisotopic (exact) mass is 351 g/mol. The first-order chi connectivity index (χ1) is 10.1. The molecule has 1 N–H and O–H groups in total. The Labute approximate surface area is 133 Å². The van der Waals surface area contributed by atoms with Gasteiger partial charge in [0.05, 0.1) is 4.47 Å². The molecule has 0 bridgehead atoms. The topological polar surface area (TPSA) is 21.3 Å². The van der Waals surface area contributed by atoms with E-state index in [4.69, 9.17) is 4.74 Å². The van der Waals surface area contributed by atoms with Gasteiger partial charge in [0.25, 0.3) is 0 Å². The Morgan fingerprint density at radius 2 is 2.00 bits per heavy atom. The van der Waals surface area contributed by atoms with Crippen LogP contribution in [0.25, 0.3) is 0 Å². The Hall–Kier alpha value is -1.39. The van der Waals surface area contributed by atoms with E-state index in [0.29, 0.717) is 11.1 Å². The van der Waals surface area contributed by atoms with E-state index in [1.54, 1.807) is 12.1 Å². The standard InChI is InChI=1S/C17H19BrFNO/c1-3-20-10-14-8-12(2)4-7-17(14)21-11-13-5-6-16(19)15(18)9-13/h4-9,20H,3,10-11H2,1-2H3. The van der Waals surface area contributed by atoms with Crippen molar-refractivity contribution in [3.8, 4) is 5.75 Å². The smallest absolute Gasteiger partial charge is 0.137 e. The van der Waals surface area contributed by atoms with E-state index in [2.05, 4.69) is 41.2 Å². The molecule has 0 fully saturated rings. The first-order valence-corrected chi connectivity index (χ1v) is 7.76. The van der Waals surface area contributed by atoms with Crippen LogP contribution in [-0.2, 0) is 13.2 Å². The van der Waals surface area contributed by atoms with Crippen molar-refractivity contribution >= 4 is 15.9 Å². The maximum absolute atomic E-state index is 13.2. The SMILES string of the molecule is CCNCc1cc(C)ccc1OCc1ccc(F)c(Br)c1. The molecule has 0 radical (unpaired) electrons. The van der Waals surface area contributed by atoms with Crippen molar-refractivity contribution in [3.05, 3.63) is 63.4 Å². The second-order valence-electron chi connectivity index (χ2n) is 4.93. The summed E-state index contributed by atoms with van der Waals surface area (Å²) < 4.78 is 19.6. The number of rotatable bonds is 6. The lowest BCUT2D eigenvalue weighted by Crippen LogP contribution is -2.13. The van der Waals surface area contributed by atoms with E-state index in [9.17, 15) is 4.39 Å². The summed E-state index contributed by atoms with van der Waals surface area (Å²) in [6, 6.07) is 11.1. The van der Waals surface area contributed by atoms with Gasteiger partial charge in [-0.1, -0.05) is 30.7 Å². The number of hydrogen-bond donors (Lipinski definition) is 1. The number of benzene rings is 2. The third kappa shape index (κ3) is 4.55. The normalized spacial score (nSPS) is 10.7. The summed E-state index contributed by atoms with van der Waals surface area (Å²) in [6.45, 7) is 6.25. The predicted molar refractivity (Wildman–Crippen MR) is 87.0 cm³/mol. The van der Waals surface area contributed by atoms with Crippen LogP contribution in [0.4, 0.5) is 4.39 Å². The molecule has 0 aliphatic heterocycles. The minimum Gasteiger partial charge on any atom is -0.489 e. The molecule has 21 heavy (non-hydrogen) atoms. The van der Waals surface area contributed by atoms with Crippen LogP contribution >= 0.6 is 15.9 Å². The van der Waals surface area contributed by atoms with Crippen molar-refractivity contribution in [1.29, 1.82) is 0 Å². The van der Waals surface area contributed by atoms with Gasteiger partial charge in [0, 0.05) is 12.1 Å². The molecule has 112 valence electrons. The quantitative estimate of drug-likeness (QED) is 0.821. The van der Waals surface area contributed by atoms with Crippen LogP contribution in [0.3, 0.4) is 0 Å². The highest BCUT2D eigenvalue weighted by molar-refractivity contribution is 9.10. The molecule has 2 aromatic rings. The molecular formula is C17H19BrFNO. The predicted octanol–water partition coefficient (Wildman–Crippen LogP) is 4.59. The zero-order valence-electron chi connectivity index (χ0n) is 12.2. The Morgan fingerprint density at radius 1 is 1.19 bits per heavy atom. The van der Waals surface area contributed by atoms with Crippen LogP contribution < -0.4 is 10.1 Å². The summed E-state index contributed by atoms with van der Waals surface area (Å²) in [5.41, 5.74) is 3.27. The lowest BCUT2D eigenvalue weighted by atomic mass is 10.1. The summed E-state index contributed by atoms with van der Waals surface area (Å²) in [4.78, 5) is 0. The van der Waals surface area contributed by atoms with Gasteiger partial charge in [0.1, 0.15) is 18.2 Å². The van der Waals surface area contributed by atoms with Crippen molar-refractivity contribution in [2.75, 3.05) is 6.54 Å². The Kier molecular flexibility index (Phi) is 5.76. The highest BCUT2D eigenvalue weighted by Gasteiger charge is 2.06.